The Morgan fingerprint density at radius 3 is 1.71 bits per heavy atom. The topological polar surface area (TPSA) is 59.7 Å². The lowest BCUT2D eigenvalue weighted by Crippen LogP contribution is -2.19. The van der Waals surface area contributed by atoms with Gasteiger partial charge in [-0.1, -0.05) is 121 Å². The Kier molecular flexibility index (Phi) is 6.83. The Morgan fingerprint density at radius 1 is 0.458 bits per heavy atom. The molecule has 0 saturated carbocycles. The van der Waals surface area contributed by atoms with E-state index in [1.165, 1.54) is 5.56 Å². The summed E-state index contributed by atoms with van der Waals surface area (Å²) >= 11 is 0. The molecule has 0 amide bonds. The number of nitrogens with zero attached hydrogens (tertiary/aromatic N) is 1. The van der Waals surface area contributed by atoms with Crippen LogP contribution in [0.3, 0.4) is 0 Å². The highest BCUT2D eigenvalue weighted by Gasteiger charge is 2.24. The fourth-order valence-electron chi connectivity index (χ4n) is 7.12. The van der Waals surface area contributed by atoms with E-state index < -0.39 is 0 Å². The van der Waals surface area contributed by atoms with Crippen molar-refractivity contribution in [3.05, 3.63) is 231 Å². The zero-order chi connectivity index (χ0) is 31.9. The van der Waals surface area contributed by atoms with Gasteiger partial charge < -0.3 is 15.0 Å². The number of fused-ring (bicyclic) bond motifs is 7. The van der Waals surface area contributed by atoms with Crippen molar-refractivity contribution in [2.75, 3.05) is 0 Å². The summed E-state index contributed by atoms with van der Waals surface area (Å²) in [5, 5.41) is 2.06. The molecule has 4 nitrogen and oxygen atoms in total. The van der Waals surface area contributed by atoms with Crippen molar-refractivity contribution >= 4 is 22.4 Å². The van der Waals surface area contributed by atoms with Crippen LogP contribution < -0.4 is 10.7 Å². The summed E-state index contributed by atoms with van der Waals surface area (Å²) < 4.78 is 0. The average Bonchev–Trinajstić information content (AvgIpc) is 3.98. The van der Waals surface area contributed by atoms with E-state index in [0.717, 1.165) is 78.2 Å². The van der Waals surface area contributed by atoms with Crippen LogP contribution in [0, 0.1) is 0 Å². The molecule has 2 aliphatic rings. The van der Waals surface area contributed by atoms with E-state index in [0.29, 0.717) is 0 Å². The average molecular weight is 617 g/mol. The van der Waals surface area contributed by atoms with Crippen LogP contribution >= 0.6 is 0 Å². The maximum atomic E-state index is 5.36. The zero-order valence-electron chi connectivity index (χ0n) is 26.2. The predicted octanol–water partition coefficient (Wildman–Crippen LogP) is 8.08. The SMILES string of the molecule is C1=C/C2=C(\c3ccccc3)c3ccc([nH]3)C(c3ccccc3)c3cc(c[nH]3)/C(c3ccccc3)=c3/cc/c([nH]3)=C(\c3ccccc3)C1=N2. The standard InChI is InChI=1S/C44H32N4/c1-5-13-29(14-6-1)41-33-27-40(45-28-33)44(32-19-11-4-12-20-32)39-26-25-38(48-39)43(31-17-9-3-10-18-31)37-24-23-36(47-37)42(30-15-7-2-8-16-30)35-22-21-34(41)46-35/h1-28,44-46,48H/b41-34-,42-35-,43-37-. The molecule has 8 bridgehead atoms. The summed E-state index contributed by atoms with van der Waals surface area (Å²) in [5.74, 6) is -0.0314. The van der Waals surface area contributed by atoms with Gasteiger partial charge in [0.25, 0.3) is 0 Å². The third kappa shape index (κ3) is 4.91. The highest BCUT2D eigenvalue weighted by atomic mass is 14.8. The molecule has 0 spiro atoms. The predicted molar refractivity (Wildman–Crippen MR) is 195 cm³/mol. The molecule has 0 aliphatic carbocycles. The van der Waals surface area contributed by atoms with E-state index in [2.05, 4.69) is 185 Å². The molecule has 48 heavy (non-hydrogen) atoms. The van der Waals surface area contributed by atoms with Crippen LogP contribution in [0.5, 0.6) is 0 Å². The Hall–Kier alpha value is -6.39. The first-order valence-electron chi connectivity index (χ1n) is 16.3. The van der Waals surface area contributed by atoms with Gasteiger partial charge in [0, 0.05) is 56.3 Å². The number of hydrogen-bond acceptors (Lipinski definition) is 1. The lowest BCUT2D eigenvalue weighted by Gasteiger charge is -2.16. The molecule has 9 rings (SSSR count). The molecular weight excluding hydrogens is 585 g/mol. The van der Waals surface area contributed by atoms with Crippen LogP contribution in [0.2, 0.25) is 0 Å². The van der Waals surface area contributed by atoms with Crippen LogP contribution in [0.25, 0.3) is 16.7 Å². The Balaban J connectivity index is 1.40. The van der Waals surface area contributed by atoms with Gasteiger partial charge >= 0.3 is 0 Å². The van der Waals surface area contributed by atoms with Crippen molar-refractivity contribution in [1.82, 2.24) is 15.0 Å². The van der Waals surface area contributed by atoms with Crippen LogP contribution in [0.1, 0.15) is 50.8 Å². The molecule has 4 heteroatoms. The van der Waals surface area contributed by atoms with Crippen LogP contribution in [-0.2, 0) is 0 Å². The molecule has 0 fully saturated rings. The molecular formula is C44H32N4. The molecule has 3 N–H and O–H groups in total. The van der Waals surface area contributed by atoms with E-state index in [9.17, 15) is 0 Å². The van der Waals surface area contributed by atoms with Gasteiger partial charge in [0.1, 0.15) is 0 Å². The van der Waals surface area contributed by atoms with Gasteiger partial charge in [0.05, 0.1) is 17.3 Å². The van der Waals surface area contributed by atoms with E-state index in [1.807, 2.05) is 0 Å². The lowest BCUT2D eigenvalue weighted by atomic mass is 9.91. The number of aromatic amines is 3. The van der Waals surface area contributed by atoms with Crippen molar-refractivity contribution < 1.29 is 0 Å². The highest BCUT2D eigenvalue weighted by Crippen LogP contribution is 2.37. The van der Waals surface area contributed by atoms with Crippen LogP contribution in [0.15, 0.2) is 181 Å². The van der Waals surface area contributed by atoms with Gasteiger partial charge in [-0.2, -0.15) is 0 Å². The second kappa shape index (κ2) is 11.8. The van der Waals surface area contributed by atoms with Crippen molar-refractivity contribution in [2.45, 2.75) is 5.92 Å². The highest BCUT2D eigenvalue weighted by molar-refractivity contribution is 6.30. The number of H-pyrrole nitrogens is 3. The molecule has 5 heterocycles. The van der Waals surface area contributed by atoms with E-state index in [-0.39, 0.29) is 5.92 Å². The van der Waals surface area contributed by atoms with E-state index >= 15 is 0 Å². The Bertz CT molecular complexity index is 2470. The molecule has 1 atom stereocenters. The first kappa shape index (κ1) is 27.9. The fourth-order valence-corrected chi connectivity index (χ4v) is 7.12. The minimum atomic E-state index is -0.0314. The number of rotatable bonds is 4. The minimum absolute atomic E-state index is 0.0314. The van der Waals surface area contributed by atoms with Gasteiger partial charge in [0.15, 0.2) is 0 Å². The summed E-state index contributed by atoms with van der Waals surface area (Å²) in [7, 11) is 0. The molecule has 1 unspecified atom stereocenters. The fraction of sp³-hybridized carbons (Fsp3) is 0.0227. The van der Waals surface area contributed by atoms with Crippen molar-refractivity contribution in [1.29, 1.82) is 0 Å². The van der Waals surface area contributed by atoms with Gasteiger partial charge in [-0.3, -0.25) is 0 Å². The Labute approximate surface area is 278 Å². The second-order valence-corrected chi connectivity index (χ2v) is 12.2. The lowest BCUT2D eigenvalue weighted by molar-refractivity contribution is 0.895. The summed E-state index contributed by atoms with van der Waals surface area (Å²) in [5.41, 5.74) is 14.1. The number of nitrogens with one attached hydrogen (secondary N) is 3. The first-order chi connectivity index (χ1) is 23.8. The smallest absolute Gasteiger partial charge is 0.0737 e. The summed E-state index contributed by atoms with van der Waals surface area (Å²) in [6, 6.07) is 53.6. The monoisotopic (exact) mass is 616 g/mol. The minimum Gasteiger partial charge on any atom is -0.364 e. The summed E-state index contributed by atoms with van der Waals surface area (Å²) in [4.78, 5) is 16.8. The third-order valence-corrected chi connectivity index (χ3v) is 9.29. The molecule has 0 radical (unpaired) electrons. The molecule has 4 aromatic carbocycles. The summed E-state index contributed by atoms with van der Waals surface area (Å²) in [6.07, 6.45) is 6.44. The Morgan fingerprint density at radius 2 is 1.04 bits per heavy atom. The number of hydrogen-bond donors (Lipinski definition) is 3. The summed E-state index contributed by atoms with van der Waals surface area (Å²) in [6.45, 7) is 0. The number of aliphatic imine (C=N–C) groups is 1. The molecule has 2 aliphatic heterocycles. The maximum absolute atomic E-state index is 5.36. The largest absolute Gasteiger partial charge is 0.364 e. The third-order valence-electron chi connectivity index (χ3n) is 9.29. The van der Waals surface area contributed by atoms with Crippen molar-refractivity contribution in [3.63, 3.8) is 0 Å². The second-order valence-electron chi connectivity index (χ2n) is 12.2. The van der Waals surface area contributed by atoms with Crippen molar-refractivity contribution in [3.8, 4) is 0 Å². The van der Waals surface area contributed by atoms with Gasteiger partial charge in [-0.15, -0.1) is 0 Å². The van der Waals surface area contributed by atoms with Gasteiger partial charge in [-0.05, 0) is 64.7 Å². The normalized spacial score (nSPS) is 19.3. The molecule has 7 aromatic rings. The van der Waals surface area contributed by atoms with Gasteiger partial charge in [-0.25, -0.2) is 4.99 Å². The van der Waals surface area contributed by atoms with Crippen LogP contribution in [0.4, 0.5) is 0 Å². The van der Waals surface area contributed by atoms with E-state index in [1.54, 1.807) is 0 Å². The number of benzene rings is 4. The van der Waals surface area contributed by atoms with Crippen LogP contribution in [-0.4, -0.2) is 20.7 Å². The maximum Gasteiger partial charge on any atom is 0.0737 e. The number of aromatic nitrogens is 3. The molecule has 3 aromatic heterocycles. The molecule has 0 saturated heterocycles. The quantitative estimate of drug-likeness (QED) is 0.179. The van der Waals surface area contributed by atoms with E-state index in [4.69, 9.17) is 4.99 Å². The number of allylic oxidation sites excluding steroid dienone is 2. The van der Waals surface area contributed by atoms with Crippen molar-refractivity contribution in [2.24, 2.45) is 4.99 Å². The first-order valence-corrected chi connectivity index (χ1v) is 16.3. The molecule has 228 valence electrons. The zero-order valence-corrected chi connectivity index (χ0v) is 26.2. The van der Waals surface area contributed by atoms with Gasteiger partial charge in [0.2, 0.25) is 0 Å².